The lowest BCUT2D eigenvalue weighted by Gasteiger charge is -2.26. The Hall–Kier alpha value is -1.04. The predicted molar refractivity (Wildman–Crippen MR) is 101 cm³/mol. The lowest BCUT2D eigenvalue weighted by Crippen LogP contribution is -2.33. The molecule has 1 N–H and O–H groups in total. The van der Waals surface area contributed by atoms with Crippen molar-refractivity contribution >= 4 is 17.7 Å². The van der Waals surface area contributed by atoms with Gasteiger partial charge in [-0.15, -0.1) is 11.8 Å². The number of hydrogen-bond acceptors (Lipinski definition) is 4. The maximum atomic E-state index is 10.6. The van der Waals surface area contributed by atoms with E-state index in [-0.39, 0.29) is 0 Å². The lowest BCUT2D eigenvalue weighted by molar-refractivity contribution is -0.137. The molecule has 0 amide bonds. The molecule has 0 spiro atoms. The summed E-state index contributed by atoms with van der Waals surface area (Å²) >= 11 is 1.94. The van der Waals surface area contributed by atoms with Gasteiger partial charge in [0, 0.05) is 11.3 Å². The smallest absolute Gasteiger partial charge is 0.303 e. The van der Waals surface area contributed by atoms with Gasteiger partial charge in [0.05, 0.1) is 12.2 Å². The van der Waals surface area contributed by atoms with Gasteiger partial charge in [0.15, 0.2) is 0 Å². The molecule has 3 heterocycles. The summed E-state index contributed by atoms with van der Waals surface area (Å²) in [4.78, 5) is 11.9. The third-order valence-electron chi connectivity index (χ3n) is 6.06. The summed E-state index contributed by atoms with van der Waals surface area (Å²) in [7, 11) is 0. The van der Waals surface area contributed by atoms with Crippen molar-refractivity contribution in [3.63, 3.8) is 0 Å². The van der Waals surface area contributed by atoms with Crippen molar-refractivity contribution in [2.24, 2.45) is 11.8 Å². The molecule has 2 bridgehead atoms. The average Bonchev–Trinajstić information content (AvgIpc) is 3.27. The molecule has 0 aromatic heterocycles. The lowest BCUT2D eigenvalue weighted by atomic mass is 9.75. The molecule has 142 valence electrons. The normalized spacial score (nSPS) is 34.0. The van der Waals surface area contributed by atoms with Crippen LogP contribution in [0.1, 0.15) is 44.9 Å². The minimum absolute atomic E-state index is 0.300. The zero-order valence-electron chi connectivity index (χ0n) is 15.1. The molecule has 0 aliphatic carbocycles. The fourth-order valence-electron chi connectivity index (χ4n) is 4.77. The van der Waals surface area contributed by atoms with E-state index in [4.69, 9.17) is 14.6 Å². The molecule has 26 heavy (non-hydrogen) atoms. The second-order valence-corrected chi connectivity index (χ2v) is 8.92. The number of rotatable bonds is 11. The first kappa shape index (κ1) is 18.3. The van der Waals surface area contributed by atoms with E-state index in [1.807, 2.05) is 11.8 Å². The Balaban J connectivity index is 1.22. The molecule has 3 aliphatic heterocycles. The van der Waals surface area contributed by atoms with Gasteiger partial charge in [0.1, 0.15) is 12.2 Å². The van der Waals surface area contributed by atoms with Gasteiger partial charge in [-0.1, -0.05) is 37.5 Å². The molecular formula is C21H28O4S. The van der Waals surface area contributed by atoms with Crippen LogP contribution in [0.4, 0.5) is 0 Å². The van der Waals surface area contributed by atoms with Crippen LogP contribution in [-0.2, 0) is 14.3 Å². The molecule has 0 saturated carbocycles. The quantitative estimate of drug-likeness (QED) is 0.353. The van der Waals surface area contributed by atoms with E-state index < -0.39 is 5.97 Å². The Labute approximate surface area is 159 Å². The summed E-state index contributed by atoms with van der Waals surface area (Å²) in [6.07, 6.45) is 8.19. The van der Waals surface area contributed by atoms with Crippen LogP contribution in [0.25, 0.3) is 0 Å². The highest BCUT2D eigenvalue weighted by Gasteiger charge is 2.68. The van der Waals surface area contributed by atoms with Gasteiger partial charge in [-0.2, -0.15) is 0 Å². The summed E-state index contributed by atoms with van der Waals surface area (Å²) in [5.74, 6) is 1.70. The van der Waals surface area contributed by atoms with Crippen LogP contribution in [0.5, 0.6) is 0 Å². The molecule has 4 nitrogen and oxygen atoms in total. The average molecular weight is 377 g/mol. The molecule has 6 atom stereocenters. The standard InChI is InChI=1S/C21H28O4S/c22-17(23)11-7-2-1-6-10-15-16(19-21-20(25-21)18(15)24-19)12-13-26-14-8-4-3-5-9-14/h3-5,8-9,15-16,18-21H,1-2,6-7,10-13H2,(H,22,23)/t15-,16+,18+,19-,20-,21+/m1/s1. The number of carboxylic acid groups (broad SMARTS) is 1. The Morgan fingerprint density at radius 3 is 2.27 bits per heavy atom. The topological polar surface area (TPSA) is 59.1 Å². The van der Waals surface area contributed by atoms with Gasteiger partial charge in [0.2, 0.25) is 0 Å². The first-order chi connectivity index (χ1) is 12.7. The van der Waals surface area contributed by atoms with Crippen molar-refractivity contribution in [1.82, 2.24) is 0 Å². The van der Waals surface area contributed by atoms with Gasteiger partial charge in [-0.25, -0.2) is 0 Å². The van der Waals surface area contributed by atoms with E-state index in [9.17, 15) is 4.79 Å². The molecule has 1 aromatic carbocycles. The summed E-state index contributed by atoms with van der Waals surface area (Å²) in [5, 5.41) is 8.71. The predicted octanol–water partition coefficient (Wildman–Crippen LogP) is 4.37. The fourth-order valence-corrected chi connectivity index (χ4v) is 5.75. The van der Waals surface area contributed by atoms with Crippen LogP contribution < -0.4 is 0 Å². The van der Waals surface area contributed by atoms with Crippen LogP contribution in [0.2, 0.25) is 0 Å². The van der Waals surface area contributed by atoms with Crippen LogP contribution in [0, 0.1) is 11.8 Å². The number of fused-ring (bicyclic) bond motifs is 5. The maximum Gasteiger partial charge on any atom is 0.303 e. The van der Waals surface area contributed by atoms with Crippen molar-refractivity contribution in [2.75, 3.05) is 5.75 Å². The maximum absolute atomic E-state index is 10.6. The van der Waals surface area contributed by atoms with Crippen LogP contribution >= 0.6 is 11.8 Å². The van der Waals surface area contributed by atoms with Gasteiger partial charge in [-0.05, 0) is 49.0 Å². The first-order valence-corrected chi connectivity index (χ1v) is 10.9. The van der Waals surface area contributed by atoms with Crippen molar-refractivity contribution in [3.05, 3.63) is 30.3 Å². The number of unbranched alkanes of at least 4 members (excludes halogenated alkanes) is 3. The largest absolute Gasteiger partial charge is 0.481 e. The number of hydrogen-bond donors (Lipinski definition) is 1. The van der Waals surface area contributed by atoms with Gasteiger partial charge in [0.25, 0.3) is 0 Å². The van der Waals surface area contributed by atoms with Crippen molar-refractivity contribution in [1.29, 1.82) is 0 Å². The SMILES string of the molecule is O=C(O)CCCCCC[C@@H]1[C@H](CCSc2ccccc2)[C@H]2O[C@@H]1[C@H]1O[C@H]12. The molecule has 0 unspecified atom stereocenters. The monoisotopic (exact) mass is 376 g/mol. The van der Waals surface area contributed by atoms with E-state index >= 15 is 0 Å². The number of carbonyl (C=O) groups is 1. The second kappa shape index (κ2) is 8.32. The number of aliphatic carboxylic acids is 1. The van der Waals surface area contributed by atoms with E-state index in [1.165, 1.54) is 24.2 Å². The second-order valence-electron chi connectivity index (χ2n) is 7.76. The van der Waals surface area contributed by atoms with E-state index in [0.29, 0.717) is 42.7 Å². The summed E-state index contributed by atoms with van der Waals surface area (Å²) in [5.41, 5.74) is 0. The first-order valence-electron chi connectivity index (χ1n) is 9.94. The molecule has 4 rings (SSSR count). The molecule has 3 aliphatic rings. The Kier molecular flexibility index (Phi) is 5.87. The van der Waals surface area contributed by atoms with Gasteiger partial charge in [-0.3, -0.25) is 4.79 Å². The number of thioether (sulfide) groups is 1. The molecular weight excluding hydrogens is 348 g/mol. The summed E-state index contributed by atoms with van der Waals surface area (Å²) in [6, 6.07) is 10.6. The van der Waals surface area contributed by atoms with E-state index in [2.05, 4.69) is 30.3 Å². The van der Waals surface area contributed by atoms with Crippen molar-refractivity contribution in [2.45, 2.75) is 74.3 Å². The van der Waals surface area contributed by atoms with Gasteiger partial charge < -0.3 is 14.6 Å². The van der Waals surface area contributed by atoms with Crippen molar-refractivity contribution < 1.29 is 19.4 Å². The molecule has 3 saturated heterocycles. The number of ether oxygens (including phenoxy) is 2. The van der Waals surface area contributed by atoms with Crippen molar-refractivity contribution in [3.8, 4) is 0 Å². The number of benzene rings is 1. The fraction of sp³-hybridized carbons (Fsp3) is 0.667. The molecule has 1 aromatic rings. The summed E-state index contributed by atoms with van der Waals surface area (Å²) in [6.45, 7) is 0. The highest BCUT2D eigenvalue weighted by molar-refractivity contribution is 7.99. The van der Waals surface area contributed by atoms with Gasteiger partial charge >= 0.3 is 5.97 Å². The minimum Gasteiger partial charge on any atom is -0.481 e. The zero-order valence-corrected chi connectivity index (χ0v) is 15.9. The highest BCUT2D eigenvalue weighted by atomic mass is 32.2. The summed E-state index contributed by atoms with van der Waals surface area (Å²) < 4.78 is 12.1. The van der Waals surface area contributed by atoms with E-state index in [1.54, 1.807) is 0 Å². The highest BCUT2D eigenvalue weighted by Crippen LogP contribution is 2.56. The van der Waals surface area contributed by atoms with Crippen LogP contribution in [0.15, 0.2) is 35.2 Å². The number of carboxylic acids is 1. The number of epoxide rings is 1. The van der Waals surface area contributed by atoms with E-state index in [0.717, 1.165) is 25.0 Å². The zero-order chi connectivity index (χ0) is 17.9. The minimum atomic E-state index is -0.681. The Bertz CT molecular complexity index is 607. The van der Waals surface area contributed by atoms with Crippen LogP contribution in [-0.4, -0.2) is 41.2 Å². The Morgan fingerprint density at radius 2 is 1.54 bits per heavy atom. The molecule has 5 heteroatoms. The third-order valence-corrected chi connectivity index (χ3v) is 7.10. The van der Waals surface area contributed by atoms with Crippen LogP contribution in [0.3, 0.4) is 0 Å². The third kappa shape index (κ3) is 4.10. The molecule has 3 fully saturated rings. The Morgan fingerprint density at radius 1 is 0.885 bits per heavy atom. The molecule has 0 radical (unpaired) electrons.